The third-order valence-electron chi connectivity index (χ3n) is 12.8. The second-order valence-electron chi connectivity index (χ2n) is 18.6. The van der Waals surface area contributed by atoms with Crippen molar-refractivity contribution in [1.29, 1.82) is 0 Å². The lowest BCUT2D eigenvalue weighted by molar-refractivity contribution is -0.150. The second-order valence-corrected chi connectivity index (χ2v) is 18.6. The maximum absolute atomic E-state index is 13.1. The highest BCUT2D eigenvalue weighted by Gasteiger charge is 2.36. The molecule has 0 saturated heterocycles. The second kappa shape index (κ2) is 34.1. The van der Waals surface area contributed by atoms with Gasteiger partial charge in [0.1, 0.15) is 6.61 Å². The summed E-state index contributed by atoms with van der Waals surface area (Å²) in [7, 11) is 0. The fourth-order valence-corrected chi connectivity index (χ4v) is 8.77. The number of esters is 2. The van der Waals surface area contributed by atoms with E-state index >= 15 is 0 Å². The molecule has 0 aliphatic carbocycles. The minimum absolute atomic E-state index is 0.0483. The fraction of sp³-hybridized carbons (Fsp3) is 0.722. The highest BCUT2D eigenvalue weighted by Crippen LogP contribution is 2.25. The van der Waals surface area contributed by atoms with E-state index < -0.39 is 29.1 Å². The van der Waals surface area contributed by atoms with Crippen molar-refractivity contribution in [2.24, 2.45) is 5.73 Å². The largest absolute Gasteiger partial charge is 0.466 e. The first kappa shape index (κ1) is 55.9. The third-order valence-corrected chi connectivity index (χ3v) is 12.8. The summed E-state index contributed by atoms with van der Waals surface area (Å²) < 4.78 is 11.1. The van der Waals surface area contributed by atoms with Gasteiger partial charge in [-0.05, 0) is 92.9 Å². The number of hydrogen-bond acceptors (Lipinski definition) is 8. The van der Waals surface area contributed by atoms with Crippen LogP contribution in [0.25, 0.3) is 0 Å². The number of rotatable bonds is 39. The van der Waals surface area contributed by atoms with Crippen LogP contribution >= 0.6 is 0 Å². The Bertz CT molecular complexity index is 1480. The number of aliphatic hydroxyl groups excluding tert-OH is 2. The molecule has 0 fully saturated rings. The van der Waals surface area contributed by atoms with E-state index in [1.165, 1.54) is 152 Å². The van der Waals surface area contributed by atoms with E-state index in [1.807, 2.05) is 0 Å². The van der Waals surface area contributed by atoms with Crippen molar-refractivity contribution >= 4 is 17.8 Å². The summed E-state index contributed by atoms with van der Waals surface area (Å²) in [5, 5.41) is 24.1. The molecule has 2 aromatic rings. The van der Waals surface area contributed by atoms with E-state index in [2.05, 4.69) is 67.7 Å². The molecule has 5 N–H and O–H groups in total. The number of ether oxygens (including phenoxy) is 2. The van der Waals surface area contributed by atoms with E-state index in [0.717, 1.165) is 25.7 Å². The zero-order chi connectivity index (χ0) is 46.0. The molecule has 2 rings (SSSR count). The number of amides is 1. The maximum atomic E-state index is 13.1. The van der Waals surface area contributed by atoms with Gasteiger partial charge in [-0.25, -0.2) is 0 Å². The number of aryl methyl sites for hydroxylation is 4. The molecule has 0 aromatic heterocycles. The van der Waals surface area contributed by atoms with E-state index in [1.54, 1.807) is 0 Å². The quantitative estimate of drug-likeness (QED) is 0.0383. The molecule has 0 aliphatic heterocycles. The molecule has 0 heterocycles. The Hall–Kier alpha value is -3.27. The Morgan fingerprint density at radius 3 is 1.37 bits per heavy atom. The van der Waals surface area contributed by atoms with E-state index in [9.17, 15) is 24.6 Å². The predicted octanol–water partition coefficient (Wildman–Crippen LogP) is 11.4. The van der Waals surface area contributed by atoms with Crippen molar-refractivity contribution in [3.8, 4) is 0 Å². The summed E-state index contributed by atoms with van der Waals surface area (Å²) in [6, 6.07) is 17.5. The molecule has 9 heteroatoms. The molecule has 358 valence electrons. The first-order valence-electron chi connectivity index (χ1n) is 25.3. The Kier molecular flexibility index (Phi) is 30.3. The number of unbranched alkanes of at least 4 members (excludes halogenated alkanes) is 16. The number of hydrogen-bond donors (Lipinski definition) is 4. The van der Waals surface area contributed by atoms with Gasteiger partial charge in [-0.1, -0.05) is 165 Å². The average molecular weight is 879 g/mol. The molecule has 1 amide bonds. The first-order chi connectivity index (χ1) is 30.4. The van der Waals surface area contributed by atoms with Crippen molar-refractivity contribution in [1.82, 2.24) is 5.32 Å². The van der Waals surface area contributed by atoms with Gasteiger partial charge in [0.2, 0.25) is 5.91 Å². The first-order valence-corrected chi connectivity index (χ1v) is 25.3. The lowest BCUT2D eigenvalue weighted by Crippen LogP contribution is -2.53. The number of nitrogens with two attached hydrogens (primary N) is 1. The number of benzene rings is 2. The normalized spacial score (nSPS) is 13.8. The van der Waals surface area contributed by atoms with Gasteiger partial charge in [-0.2, -0.15) is 0 Å². The minimum atomic E-state index is -1.21. The SMILES string of the molecule is CCCCCCCCCCCc1ccc(CCCC(CCOC(=O)CC(O)C(N)(CCO)CCCc2ccc(CCCCCCCCCCC)cc2)(COC(C)=O)NC(C)=O)cc1. The molecule has 9 nitrogen and oxygen atoms in total. The van der Waals surface area contributed by atoms with Crippen LogP contribution in [0.4, 0.5) is 0 Å². The molecule has 0 saturated carbocycles. The fourth-order valence-electron chi connectivity index (χ4n) is 8.77. The van der Waals surface area contributed by atoms with Crippen LogP contribution in [0.3, 0.4) is 0 Å². The van der Waals surface area contributed by atoms with Crippen molar-refractivity contribution in [2.45, 2.75) is 231 Å². The van der Waals surface area contributed by atoms with Crippen LogP contribution in [0.15, 0.2) is 48.5 Å². The Balaban J connectivity index is 1.83. The van der Waals surface area contributed by atoms with Crippen LogP contribution in [-0.4, -0.2) is 65.1 Å². The summed E-state index contributed by atoms with van der Waals surface area (Å²) in [6.07, 6.45) is 28.6. The Morgan fingerprint density at radius 1 is 0.571 bits per heavy atom. The lowest BCUT2D eigenvalue weighted by atomic mass is 9.82. The van der Waals surface area contributed by atoms with Crippen LogP contribution in [0, 0.1) is 0 Å². The summed E-state index contributed by atoms with van der Waals surface area (Å²) in [6.45, 7) is 6.96. The van der Waals surface area contributed by atoms with Crippen LogP contribution in [0.1, 0.15) is 210 Å². The van der Waals surface area contributed by atoms with E-state index in [0.29, 0.717) is 25.7 Å². The van der Waals surface area contributed by atoms with E-state index in [-0.39, 0.29) is 45.0 Å². The van der Waals surface area contributed by atoms with Gasteiger partial charge in [-0.3, -0.25) is 14.4 Å². The van der Waals surface area contributed by atoms with Gasteiger partial charge >= 0.3 is 11.9 Å². The third kappa shape index (κ3) is 26.3. The van der Waals surface area contributed by atoms with Gasteiger partial charge in [-0.15, -0.1) is 0 Å². The molecule has 3 atom stereocenters. The van der Waals surface area contributed by atoms with Crippen LogP contribution < -0.4 is 11.1 Å². The van der Waals surface area contributed by atoms with Crippen LogP contribution in [0.2, 0.25) is 0 Å². The lowest BCUT2D eigenvalue weighted by Gasteiger charge is -2.35. The predicted molar refractivity (Wildman–Crippen MR) is 259 cm³/mol. The van der Waals surface area contributed by atoms with Gasteiger partial charge in [0.25, 0.3) is 0 Å². The Morgan fingerprint density at radius 2 is 0.968 bits per heavy atom. The molecular formula is C54H90N2O7. The highest BCUT2D eigenvalue weighted by molar-refractivity contribution is 5.74. The molecule has 63 heavy (non-hydrogen) atoms. The standard InChI is InChI=1S/C54H90N2O7/c1-5-7-9-11-13-15-17-19-21-25-47-29-33-49(34-30-47)27-23-37-53(56-45(3)58,44-63-46(4)59)40-42-62-52(61)43-51(60)54(55,39-41-57)38-24-28-50-35-31-48(32-36-50)26-22-20-18-16-14-12-10-8-6-2/h29-36,51,57,60H,5-28,37-44,55H2,1-4H3,(H,56,58). The summed E-state index contributed by atoms with van der Waals surface area (Å²) >= 11 is 0. The molecule has 0 bridgehead atoms. The van der Waals surface area contributed by atoms with Crippen molar-refractivity contribution in [2.75, 3.05) is 19.8 Å². The zero-order valence-corrected chi connectivity index (χ0v) is 40.3. The molecule has 0 radical (unpaired) electrons. The van der Waals surface area contributed by atoms with Gasteiger partial charge < -0.3 is 30.7 Å². The molecule has 0 spiro atoms. The topological polar surface area (TPSA) is 148 Å². The zero-order valence-electron chi connectivity index (χ0n) is 40.3. The van der Waals surface area contributed by atoms with Crippen LogP contribution in [-0.2, 0) is 49.5 Å². The van der Waals surface area contributed by atoms with Gasteiger partial charge in [0.15, 0.2) is 0 Å². The monoisotopic (exact) mass is 879 g/mol. The molecule has 0 aliphatic rings. The average Bonchev–Trinajstić information content (AvgIpc) is 3.25. The maximum Gasteiger partial charge on any atom is 0.308 e. The van der Waals surface area contributed by atoms with Gasteiger partial charge in [0, 0.05) is 32.4 Å². The smallest absolute Gasteiger partial charge is 0.308 e. The molecule has 2 aromatic carbocycles. The van der Waals surface area contributed by atoms with Crippen molar-refractivity contribution in [3.05, 3.63) is 70.8 Å². The summed E-state index contributed by atoms with van der Waals surface area (Å²) in [5.41, 5.74) is 9.67. The minimum Gasteiger partial charge on any atom is -0.466 e. The van der Waals surface area contributed by atoms with Crippen molar-refractivity contribution in [3.63, 3.8) is 0 Å². The number of carbonyl (C=O) groups is 3. The van der Waals surface area contributed by atoms with Crippen molar-refractivity contribution < 1.29 is 34.1 Å². The number of carbonyl (C=O) groups excluding carboxylic acids is 3. The van der Waals surface area contributed by atoms with Crippen LogP contribution in [0.5, 0.6) is 0 Å². The van der Waals surface area contributed by atoms with Gasteiger partial charge in [0.05, 0.1) is 24.7 Å². The highest BCUT2D eigenvalue weighted by atomic mass is 16.5. The van der Waals surface area contributed by atoms with E-state index in [4.69, 9.17) is 15.2 Å². The summed E-state index contributed by atoms with van der Waals surface area (Å²) in [4.78, 5) is 37.4. The number of aliphatic hydroxyl groups is 2. The Labute approximate surface area is 383 Å². The molecular weight excluding hydrogens is 789 g/mol. The summed E-state index contributed by atoms with van der Waals surface area (Å²) in [5.74, 6) is -1.35. The molecule has 3 unspecified atom stereocenters. The number of nitrogens with one attached hydrogen (secondary N) is 1.